The zero-order chi connectivity index (χ0) is 13.7. The van der Waals surface area contributed by atoms with Gasteiger partial charge in [0, 0.05) is 24.1 Å². The molecule has 0 aliphatic carbocycles. The fourth-order valence-corrected chi connectivity index (χ4v) is 1.83. The third kappa shape index (κ3) is 3.61. The predicted octanol–water partition coefficient (Wildman–Crippen LogP) is 2.06. The molecule has 2 aromatic rings. The van der Waals surface area contributed by atoms with E-state index in [9.17, 15) is 4.79 Å². The molecule has 0 saturated carbocycles. The van der Waals surface area contributed by atoms with Crippen LogP contribution in [0.5, 0.6) is 0 Å². The minimum atomic E-state index is -0.0114. The summed E-state index contributed by atoms with van der Waals surface area (Å²) in [6, 6.07) is 13.8. The van der Waals surface area contributed by atoms with Crippen molar-refractivity contribution in [3.8, 4) is 0 Å². The number of carbonyl (C=O) groups excluding carboxylic acids is 1. The maximum Gasteiger partial charge on any atom is 0.239 e. The van der Waals surface area contributed by atoms with Crippen molar-refractivity contribution >= 4 is 11.6 Å². The van der Waals surface area contributed by atoms with Gasteiger partial charge in [0.1, 0.15) is 0 Å². The van der Waals surface area contributed by atoms with Crippen molar-refractivity contribution in [3.63, 3.8) is 0 Å². The Balaban J connectivity index is 1.78. The summed E-state index contributed by atoms with van der Waals surface area (Å²) in [5.74, 6) is -0.0114. The van der Waals surface area contributed by atoms with E-state index in [1.807, 2.05) is 56.4 Å². The minimum Gasteiger partial charge on any atom is -0.376 e. The lowest BCUT2D eigenvalue weighted by atomic mass is 10.3. The van der Waals surface area contributed by atoms with Gasteiger partial charge < -0.3 is 15.2 Å². The quantitative estimate of drug-likeness (QED) is 0.861. The molecule has 19 heavy (non-hydrogen) atoms. The second kappa shape index (κ2) is 6.09. The molecule has 2 N–H and O–H groups in total. The van der Waals surface area contributed by atoms with Gasteiger partial charge in [0.25, 0.3) is 0 Å². The Labute approximate surface area is 113 Å². The smallest absolute Gasteiger partial charge is 0.239 e. The predicted molar refractivity (Wildman–Crippen MR) is 76.9 cm³/mol. The molecule has 2 rings (SSSR count). The van der Waals surface area contributed by atoms with Crippen LogP contribution in [0.3, 0.4) is 0 Å². The van der Waals surface area contributed by atoms with E-state index in [1.54, 1.807) is 0 Å². The molecule has 0 fully saturated rings. The Hall–Kier alpha value is -2.23. The maximum atomic E-state index is 11.7. The van der Waals surface area contributed by atoms with Gasteiger partial charge in [0.2, 0.25) is 5.91 Å². The average molecular weight is 257 g/mol. The number of amides is 1. The third-order valence-corrected chi connectivity index (χ3v) is 3.17. The Morgan fingerprint density at radius 1 is 1.16 bits per heavy atom. The van der Waals surface area contributed by atoms with Crippen LogP contribution in [0.1, 0.15) is 11.4 Å². The van der Waals surface area contributed by atoms with Gasteiger partial charge in [-0.1, -0.05) is 18.2 Å². The van der Waals surface area contributed by atoms with Crippen LogP contribution in [-0.4, -0.2) is 17.0 Å². The molecule has 100 valence electrons. The highest BCUT2D eigenvalue weighted by atomic mass is 16.1. The van der Waals surface area contributed by atoms with Crippen molar-refractivity contribution in [2.24, 2.45) is 7.05 Å². The van der Waals surface area contributed by atoms with Gasteiger partial charge in [-0.15, -0.1) is 0 Å². The average Bonchev–Trinajstić information content (AvgIpc) is 2.75. The van der Waals surface area contributed by atoms with Crippen LogP contribution in [0.25, 0.3) is 0 Å². The molecule has 4 nitrogen and oxygen atoms in total. The molecular formula is C15H19N3O. The molecule has 0 unspecified atom stereocenters. The topological polar surface area (TPSA) is 46.1 Å². The first kappa shape index (κ1) is 13.2. The summed E-state index contributed by atoms with van der Waals surface area (Å²) in [5.41, 5.74) is 3.24. The molecule has 0 aliphatic heterocycles. The number of rotatable bonds is 5. The van der Waals surface area contributed by atoms with Crippen LogP contribution in [0, 0.1) is 6.92 Å². The van der Waals surface area contributed by atoms with Crippen molar-refractivity contribution in [3.05, 3.63) is 53.9 Å². The SMILES string of the molecule is Cc1ccc(CNC(=O)CNc2ccccc2)n1C. The van der Waals surface area contributed by atoms with E-state index >= 15 is 0 Å². The van der Waals surface area contributed by atoms with Crippen LogP contribution in [0.4, 0.5) is 5.69 Å². The van der Waals surface area contributed by atoms with Crippen molar-refractivity contribution in [1.29, 1.82) is 0 Å². The first-order valence-electron chi connectivity index (χ1n) is 6.33. The Morgan fingerprint density at radius 3 is 2.53 bits per heavy atom. The molecular weight excluding hydrogens is 238 g/mol. The van der Waals surface area contributed by atoms with E-state index in [0.29, 0.717) is 6.54 Å². The van der Waals surface area contributed by atoms with E-state index in [2.05, 4.69) is 15.2 Å². The number of aromatic nitrogens is 1. The van der Waals surface area contributed by atoms with Gasteiger partial charge >= 0.3 is 0 Å². The molecule has 1 amide bonds. The molecule has 0 atom stereocenters. The fourth-order valence-electron chi connectivity index (χ4n) is 1.83. The van der Waals surface area contributed by atoms with E-state index in [1.165, 1.54) is 5.69 Å². The highest BCUT2D eigenvalue weighted by Gasteiger charge is 2.04. The highest BCUT2D eigenvalue weighted by molar-refractivity contribution is 5.80. The molecule has 0 saturated heterocycles. The fraction of sp³-hybridized carbons (Fsp3) is 0.267. The van der Waals surface area contributed by atoms with Crippen molar-refractivity contribution < 1.29 is 4.79 Å². The lowest BCUT2D eigenvalue weighted by molar-refractivity contribution is -0.119. The summed E-state index contributed by atoms with van der Waals surface area (Å²) in [6.45, 7) is 2.88. The van der Waals surface area contributed by atoms with Crippen LogP contribution in [-0.2, 0) is 18.4 Å². The standard InChI is InChI=1S/C15H19N3O/c1-12-8-9-14(18(12)2)10-17-15(19)11-16-13-6-4-3-5-7-13/h3-9,16H,10-11H2,1-2H3,(H,17,19). The van der Waals surface area contributed by atoms with E-state index in [4.69, 9.17) is 0 Å². The monoisotopic (exact) mass is 257 g/mol. The van der Waals surface area contributed by atoms with Gasteiger partial charge in [-0.3, -0.25) is 4.79 Å². The van der Waals surface area contributed by atoms with Gasteiger partial charge in [0.05, 0.1) is 13.1 Å². The van der Waals surface area contributed by atoms with Crippen LogP contribution in [0.2, 0.25) is 0 Å². The summed E-state index contributed by atoms with van der Waals surface area (Å²) in [6.07, 6.45) is 0. The van der Waals surface area contributed by atoms with Gasteiger partial charge in [-0.2, -0.15) is 0 Å². The molecule has 1 aromatic heterocycles. The number of aryl methyl sites for hydroxylation is 1. The number of para-hydroxylation sites is 1. The molecule has 4 heteroatoms. The zero-order valence-electron chi connectivity index (χ0n) is 11.3. The number of benzene rings is 1. The number of hydrogen-bond donors (Lipinski definition) is 2. The summed E-state index contributed by atoms with van der Waals surface area (Å²) in [5, 5.41) is 5.98. The number of hydrogen-bond acceptors (Lipinski definition) is 2. The van der Waals surface area contributed by atoms with Crippen LogP contribution in [0.15, 0.2) is 42.5 Å². The van der Waals surface area contributed by atoms with E-state index < -0.39 is 0 Å². The van der Waals surface area contributed by atoms with Crippen LogP contribution < -0.4 is 10.6 Å². The second-order valence-corrected chi connectivity index (χ2v) is 4.52. The molecule has 0 radical (unpaired) electrons. The van der Waals surface area contributed by atoms with Gasteiger partial charge in [0.15, 0.2) is 0 Å². The largest absolute Gasteiger partial charge is 0.376 e. The van der Waals surface area contributed by atoms with Crippen molar-refractivity contribution in [2.75, 3.05) is 11.9 Å². The van der Waals surface area contributed by atoms with Gasteiger partial charge in [-0.05, 0) is 31.2 Å². The zero-order valence-corrected chi connectivity index (χ0v) is 11.3. The molecule has 0 aliphatic rings. The lowest BCUT2D eigenvalue weighted by Crippen LogP contribution is -2.30. The van der Waals surface area contributed by atoms with Crippen molar-refractivity contribution in [1.82, 2.24) is 9.88 Å². The Morgan fingerprint density at radius 2 is 1.89 bits per heavy atom. The second-order valence-electron chi connectivity index (χ2n) is 4.52. The van der Waals surface area contributed by atoms with Crippen molar-refractivity contribution in [2.45, 2.75) is 13.5 Å². The summed E-state index contributed by atoms with van der Waals surface area (Å²) in [4.78, 5) is 11.7. The maximum absolute atomic E-state index is 11.7. The van der Waals surface area contributed by atoms with Gasteiger partial charge in [-0.25, -0.2) is 0 Å². The first-order chi connectivity index (χ1) is 9.16. The van der Waals surface area contributed by atoms with E-state index in [-0.39, 0.29) is 12.5 Å². The molecule has 1 aromatic carbocycles. The summed E-state index contributed by atoms with van der Waals surface area (Å²) in [7, 11) is 2.00. The molecule has 1 heterocycles. The summed E-state index contributed by atoms with van der Waals surface area (Å²) < 4.78 is 2.07. The normalized spacial score (nSPS) is 10.2. The highest BCUT2D eigenvalue weighted by Crippen LogP contribution is 2.05. The molecule has 0 spiro atoms. The molecule has 0 bridgehead atoms. The number of carbonyl (C=O) groups is 1. The number of nitrogens with zero attached hydrogens (tertiary/aromatic N) is 1. The minimum absolute atomic E-state index is 0.0114. The number of anilines is 1. The van der Waals surface area contributed by atoms with E-state index in [0.717, 1.165) is 11.4 Å². The van der Waals surface area contributed by atoms with Crippen LogP contribution >= 0.6 is 0 Å². The lowest BCUT2D eigenvalue weighted by Gasteiger charge is -2.09. The third-order valence-electron chi connectivity index (χ3n) is 3.17. The number of nitrogens with one attached hydrogen (secondary N) is 2. The first-order valence-corrected chi connectivity index (χ1v) is 6.33. The Kier molecular flexibility index (Phi) is 4.23. The Bertz CT molecular complexity index is 546. The summed E-state index contributed by atoms with van der Waals surface area (Å²) >= 11 is 0.